The number of nitrogens with one attached hydrogen (secondary N) is 1. The highest BCUT2D eigenvalue weighted by molar-refractivity contribution is 5.82. The molecule has 3 aromatic rings. The van der Waals surface area contributed by atoms with Crippen molar-refractivity contribution in [2.45, 2.75) is 25.2 Å². The molecule has 5 rings (SSSR count). The number of anilines is 2. The maximum atomic E-state index is 14.1. The van der Waals surface area contributed by atoms with Crippen molar-refractivity contribution in [1.82, 2.24) is 5.32 Å². The number of carbonyl (C=O) groups excluding carboxylic acids is 1. The Bertz CT molecular complexity index is 1260. The first kappa shape index (κ1) is 24.1. The van der Waals surface area contributed by atoms with E-state index in [1.54, 1.807) is 30.3 Å². The molecule has 1 N–H and O–H groups in total. The maximum Gasteiger partial charge on any atom is 0.416 e. The number of amides is 1. The molecule has 1 amide bonds. The van der Waals surface area contributed by atoms with Gasteiger partial charge in [0.05, 0.1) is 17.5 Å². The summed E-state index contributed by atoms with van der Waals surface area (Å²) in [4.78, 5) is 17.4. The van der Waals surface area contributed by atoms with Gasteiger partial charge in [0.15, 0.2) is 0 Å². The van der Waals surface area contributed by atoms with Crippen molar-refractivity contribution in [2.24, 2.45) is 5.92 Å². The predicted molar refractivity (Wildman–Crippen MR) is 127 cm³/mol. The van der Waals surface area contributed by atoms with E-state index in [9.17, 15) is 26.7 Å². The lowest BCUT2D eigenvalue weighted by atomic mass is 9.82. The van der Waals surface area contributed by atoms with Crippen molar-refractivity contribution >= 4 is 17.3 Å². The zero-order chi connectivity index (χ0) is 25.4. The fourth-order valence-corrected chi connectivity index (χ4v) is 5.14. The molecule has 2 aliphatic heterocycles. The largest absolute Gasteiger partial charge is 0.416 e. The van der Waals surface area contributed by atoms with Crippen LogP contribution in [0.15, 0.2) is 66.7 Å². The van der Waals surface area contributed by atoms with E-state index in [0.29, 0.717) is 36.4 Å². The second-order valence-electron chi connectivity index (χ2n) is 9.14. The second-order valence-corrected chi connectivity index (χ2v) is 9.14. The Labute approximate surface area is 205 Å². The molecule has 0 radical (unpaired) electrons. The number of benzene rings is 3. The molecule has 0 unspecified atom stereocenters. The summed E-state index contributed by atoms with van der Waals surface area (Å²) < 4.78 is 67.7. The normalized spacial score (nSPS) is 19.5. The first-order chi connectivity index (χ1) is 17.2. The molecule has 2 atom stereocenters. The molecule has 3 aromatic carbocycles. The molecule has 1 saturated heterocycles. The topological polar surface area (TPSA) is 35.6 Å². The molecular formula is C27H24F5N3O. The first-order valence-electron chi connectivity index (χ1n) is 11.7. The molecule has 4 nitrogen and oxygen atoms in total. The van der Waals surface area contributed by atoms with Crippen LogP contribution in [0.2, 0.25) is 0 Å². The van der Waals surface area contributed by atoms with Crippen LogP contribution in [-0.4, -0.2) is 31.6 Å². The molecule has 9 heteroatoms. The zero-order valence-electron chi connectivity index (χ0n) is 19.2. The summed E-state index contributed by atoms with van der Waals surface area (Å²) in [6.07, 6.45) is -4.36. The van der Waals surface area contributed by atoms with Gasteiger partial charge < -0.3 is 15.1 Å². The molecule has 2 heterocycles. The first-order valence-corrected chi connectivity index (χ1v) is 11.7. The number of rotatable bonds is 4. The average molecular weight is 501 g/mol. The van der Waals surface area contributed by atoms with Crippen LogP contribution in [0.3, 0.4) is 0 Å². The SMILES string of the molecule is O=C(NCc1ccccc1F)[C@@H]1Cc2cc(C(F)(F)F)ccc2N2CCN(c3ccc(F)cc3)C[C@@H]12. The highest BCUT2D eigenvalue weighted by Crippen LogP contribution is 2.40. The van der Waals surface area contributed by atoms with E-state index in [4.69, 9.17) is 0 Å². The van der Waals surface area contributed by atoms with E-state index in [1.165, 1.54) is 24.3 Å². The van der Waals surface area contributed by atoms with Crippen molar-refractivity contribution < 1.29 is 26.7 Å². The summed E-state index contributed by atoms with van der Waals surface area (Å²) in [5, 5.41) is 2.78. The molecule has 0 aromatic heterocycles. The van der Waals surface area contributed by atoms with Gasteiger partial charge in [-0.2, -0.15) is 13.2 Å². The highest BCUT2D eigenvalue weighted by Gasteiger charge is 2.42. The third-order valence-corrected chi connectivity index (χ3v) is 6.98. The van der Waals surface area contributed by atoms with Gasteiger partial charge in [0.2, 0.25) is 5.91 Å². The van der Waals surface area contributed by atoms with Crippen LogP contribution in [0.25, 0.3) is 0 Å². The fraction of sp³-hybridized carbons (Fsp3) is 0.296. The minimum atomic E-state index is -4.49. The molecule has 188 valence electrons. The van der Waals surface area contributed by atoms with Crippen LogP contribution in [0, 0.1) is 17.6 Å². The Morgan fingerprint density at radius 1 is 0.972 bits per heavy atom. The molecular weight excluding hydrogens is 477 g/mol. The Hall–Kier alpha value is -3.62. The summed E-state index contributed by atoms with van der Waals surface area (Å²) in [6.45, 7) is 1.46. The van der Waals surface area contributed by atoms with Crippen LogP contribution in [0.5, 0.6) is 0 Å². The lowest BCUT2D eigenvalue weighted by Gasteiger charge is -2.49. The van der Waals surface area contributed by atoms with Crippen molar-refractivity contribution in [2.75, 3.05) is 29.4 Å². The van der Waals surface area contributed by atoms with E-state index in [1.807, 2.05) is 9.80 Å². The fourth-order valence-electron chi connectivity index (χ4n) is 5.14. The lowest BCUT2D eigenvalue weighted by Crippen LogP contribution is -2.61. The highest BCUT2D eigenvalue weighted by atomic mass is 19.4. The van der Waals surface area contributed by atoms with Crippen molar-refractivity contribution in [1.29, 1.82) is 0 Å². The van der Waals surface area contributed by atoms with Gasteiger partial charge in [-0.25, -0.2) is 8.78 Å². The third kappa shape index (κ3) is 4.74. The maximum absolute atomic E-state index is 14.1. The summed E-state index contributed by atoms with van der Waals surface area (Å²) in [6, 6.07) is 15.5. The van der Waals surface area contributed by atoms with Crippen LogP contribution in [-0.2, 0) is 23.9 Å². The minimum Gasteiger partial charge on any atom is -0.368 e. The van der Waals surface area contributed by atoms with Gasteiger partial charge in [-0.15, -0.1) is 0 Å². The molecule has 0 aliphatic carbocycles. The predicted octanol–water partition coefficient (Wildman–Crippen LogP) is 5.17. The quantitative estimate of drug-likeness (QED) is 0.502. The van der Waals surface area contributed by atoms with Gasteiger partial charge in [0.1, 0.15) is 11.6 Å². The van der Waals surface area contributed by atoms with Crippen LogP contribution >= 0.6 is 0 Å². The Morgan fingerprint density at radius 3 is 2.44 bits per heavy atom. The third-order valence-electron chi connectivity index (χ3n) is 6.98. The van der Waals surface area contributed by atoms with E-state index < -0.39 is 23.5 Å². The second kappa shape index (κ2) is 9.44. The van der Waals surface area contributed by atoms with Crippen LogP contribution in [0.4, 0.5) is 33.3 Å². The molecule has 1 fully saturated rings. The number of carbonyl (C=O) groups is 1. The minimum absolute atomic E-state index is 0.0220. The Kier molecular flexibility index (Phi) is 6.32. The Morgan fingerprint density at radius 2 is 1.72 bits per heavy atom. The molecule has 0 spiro atoms. The number of fused-ring (bicyclic) bond motifs is 3. The van der Waals surface area contributed by atoms with Gasteiger partial charge in [-0.05, 0) is 60.5 Å². The standard InChI is InChI=1S/C27H24F5N3O/c28-20-6-8-21(9-7-20)34-11-12-35-24-10-5-19(27(30,31)32)13-18(24)14-22(25(35)16-34)26(36)33-15-17-3-1-2-4-23(17)29/h1-10,13,22,25H,11-12,14-16H2,(H,33,36)/t22-,25+/m1/s1. The van der Waals surface area contributed by atoms with E-state index in [-0.39, 0.29) is 30.7 Å². The smallest absolute Gasteiger partial charge is 0.368 e. The number of alkyl halides is 3. The number of halogens is 5. The van der Waals surface area contributed by atoms with E-state index in [2.05, 4.69) is 5.32 Å². The molecule has 36 heavy (non-hydrogen) atoms. The van der Waals surface area contributed by atoms with Gasteiger partial charge in [-0.1, -0.05) is 18.2 Å². The monoisotopic (exact) mass is 501 g/mol. The molecule has 0 bridgehead atoms. The zero-order valence-corrected chi connectivity index (χ0v) is 19.2. The summed E-state index contributed by atoms with van der Waals surface area (Å²) in [7, 11) is 0. The van der Waals surface area contributed by atoms with Gasteiger partial charge >= 0.3 is 6.18 Å². The number of nitrogens with zero attached hydrogens (tertiary/aromatic N) is 2. The van der Waals surface area contributed by atoms with Crippen molar-refractivity contribution in [3.05, 3.63) is 95.1 Å². The van der Waals surface area contributed by atoms with E-state index in [0.717, 1.165) is 17.8 Å². The summed E-state index contributed by atoms with van der Waals surface area (Å²) in [5.41, 5.74) is 1.53. The van der Waals surface area contributed by atoms with Crippen LogP contribution < -0.4 is 15.1 Å². The van der Waals surface area contributed by atoms with Gasteiger partial charge in [0.25, 0.3) is 0 Å². The summed E-state index contributed by atoms with van der Waals surface area (Å²) in [5.74, 6) is -1.80. The van der Waals surface area contributed by atoms with Crippen molar-refractivity contribution in [3.8, 4) is 0 Å². The summed E-state index contributed by atoms with van der Waals surface area (Å²) >= 11 is 0. The number of piperazine rings is 1. The lowest BCUT2D eigenvalue weighted by molar-refractivity contribution is -0.137. The van der Waals surface area contributed by atoms with Gasteiger partial charge in [-0.3, -0.25) is 4.79 Å². The Balaban J connectivity index is 1.44. The average Bonchev–Trinajstić information content (AvgIpc) is 2.86. The number of hydrogen-bond donors (Lipinski definition) is 1. The number of hydrogen-bond acceptors (Lipinski definition) is 3. The van der Waals surface area contributed by atoms with E-state index >= 15 is 0 Å². The van der Waals surface area contributed by atoms with Crippen molar-refractivity contribution in [3.63, 3.8) is 0 Å². The van der Waals surface area contributed by atoms with Crippen LogP contribution in [0.1, 0.15) is 16.7 Å². The molecule has 0 saturated carbocycles. The molecule has 2 aliphatic rings. The van der Waals surface area contributed by atoms with Gasteiger partial charge in [0, 0.05) is 43.1 Å².